The second-order valence-corrected chi connectivity index (χ2v) is 7.57. The van der Waals surface area contributed by atoms with Gasteiger partial charge in [-0.25, -0.2) is 0 Å². The molecule has 24 heavy (non-hydrogen) atoms. The van der Waals surface area contributed by atoms with Crippen molar-refractivity contribution in [1.82, 2.24) is 0 Å². The summed E-state index contributed by atoms with van der Waals surface area (Å²) in [7, 11) is 0. The highest BCUT2D eigenvalue weighted by atomic mass is 16.4. The van der Waals surface area contributed by atoms with Gasteiger partial charge in [0.05, 0.1) is 0 Å². The Labute approximate surface area is 150 Å². The lowest BCUT2D eigenvalue weighted by Crippen LogP contribution is -2.13. The lowest BCUT2D eigenvalue weighted by atomic mass is 10.0. The summed E-state index contributed by atoms with van der Waals surface area (Å²) in [6.07, 6.45) is 22.5. The Morgan fingerprint density at radius 1 is 0.667 bits per heavy atom. The standard InChI is InChI=1S/C21H43NO2/c1-20(22)18-16-14-12-10-8-6-4-2-3-5-7-9-11-13-15-17-19-21(23)24/h20H,2-19,22H2,1H3,(H,23,24). The SMILES string of the molecule is CC(N)CCCCCCCCCCCCCCCCCCC(=O)O. The number of carboxylic acid groups (broad SMARTS) is 1. The summed E-state index contributed by atoms with van der Waals surface area (Å²) in [6.45, 7) is 2.10. The summed E-state index contributed by atoms with van der Waals surface area (Å²) in [5.41, 5.74) is 5.75. The fraction of sp³-hybridized carbons (Fsp3) is 0.952. The molecule has 0 aromatic rings. The molecule has 0 rings (SSSR count). The first-order valence-electron chi connectivity index (χ1n) is 10.6. The van der Waals surface area contributed by atoms with Crippen LogP contribution in [0.2, 0.25) is 0 Å². The molecule has 3 heteroatoms. The van der Waals surface area contributed by atoms with Gasteiger partial charge >= 0.3 is 5.97 Å². The summed E-state index contributed by atoms with van der Waals surface area (Å²) in [5.74, 6) is -0.656. The van der Waals surface area contributed by atoms with Gasteiger partial charge in [-0.3, -0.25) is 4.79 Å². The molecule has 0 fully saturated rings. The van der Waals surface area contributed by atoms with E-state index < -0.39 is 5.97 Å². The van der Waals surface area contributed by atoms with Crippen LogP contribution in [0.4, 0.5) is 0 Å². The van der Waals surface area contributed by atoms with Crippen LogP contribution < -0.4 is 5.73 Å². The fourth-order valence-corrected chi connectivity index (χ4v) is 3.22. The molecule has 1 unspecified atom stereocenters. The first kappa shape index (κ1) is 23.4. The highest BCUT2D eigenvalue weighted by molar-refractivity contribution is 5.66. The van der Waals surface area contributed by atoms with Crippen molar-refractivity contribution >= 4 is 5.97 Å². The van der Waals surface area contributed by atoms with Gasteiger partial charge in [0.2, 0.25) is 0 Å². The number of unbranched alkanes of at least 4 members (excludes halogenated alkanes) is 15. The minimum Gasteiger partial charge on any atom is -0.481 e. The zero-order valence-electron chi connectivity index (χ0n) is 16.2. The molecule has 0 aromatic carbocycles. The van der Waals surface area contributed by atoms with Gasteiger partial charge in [-0.2, -0.15) is 0 Å². The van der Waals surface area contributed by atoms with Crippen LogP contribution in [0.3, 0.4) is 0 Å². The van der Waals surface area contributed by atoms with Crippen LogP contribution in [-0.2, 0) is 4.79 Å². The number of hydrogen-bond donors (Lipinski definition) is 2. The van der Waals surface area contributed by atoms with E-state index in [4.69, 9.17) is 10.8 Å². The molecular weight excluding hydrogens is 298 g/mol. The van der Waals surface area contributed by atoms with E-state index >= 15 is 0 Å². The Balaban J connectivity index is 2.99. The normalized spacial score (nSPS) is 12.4. The molecule has 0 aliphatic rings. The predicted octanol–water partition coefficient (Wildman–Crippen LogP) is 6.44. The average molecular weight is 342 g/mol. The van der Waals surface area contributed by atoms with Gasteiger partial charge in [0.15, 0.2) is 0 Å². The topological polar surface area (TPSA) is 63.3 Å². The van der Waals surface area contributed by atoms with Crippen LogP contribution in [0, 0.1) is 0 Å². The molecule has 3 nitrogen and oxygen atoms in total. The van der Waals surface area contributed by atoms with Crippen molar-refractivity contribution in [3.05, 3.63) is 0 Å². The van der Waals surface area contributed by atoms with Crippen LogP contribution in [0.5, 0.6) is 0 Å². The van der Waals surface area contributed by atoms with E-state index in [2.05, 4.69) is 6.92 Å². The van der Waals surface area contributed by atoms with Crippen molar-refractivity contribution in [3.8, 4) is 0 Å². The van der Waals surface area contributed by atoms with Crippen LogP contribution in [0.1, 0.15) is 122 Å². The molecule has 0 saturated heterocycles. The Hall–Kier alpha value is -0.570. The van der Waals surface area contributed by atoms with Crippen molar-refractivity contribution in [2.24, 2.45) is 5.73 Å². The molecule has 0 bridgehead atoms. The van der Waals surface area contributed by atoms with E-state index in [1.165, 1.54) is 96.3 Å². The largest absolute Gasteiger partial charge is 0.481 e. The number of rotatable bonds is 19. The van der Waals surface area contributed by atoms with Gasteiger partial charge in [0, 0.05) is 12.5 Å². The summed E-state index contributed by atoms with van der Waals surface area (Å²) in [4.78, 5) is 10.4. The molecule has 0 aromatic heterocycles. The van der Waals surface area contributed by atoms with Crippen molar-refractivity contribution in [1.29, 1.82) is 0 Å². The lowest BCUT2D eigenvalue weighted by Gasteiger charge is -2.05. The van der Waals surface area contributed by atoms with Crippen LogP contribution >= 0.6 is 0 Å². The van der Waals surface area contributed by atoms with Gasteiger partial charge in [-0.05, 0) is 19.8 Å². The predicted molar refractivity (Wildman–Crippen MR) is 104 cm³/mol. The van der Waals surface area contributed by atoms with Gasteiger partial charge in [0.25, 0.3) is 0 Å². The number of carboxylic acids is 1. The Morgan fingerprint density at radius 3 is 1.25 bits per heavy atom. The van der Waals surface area contributed by atoms with E-state index in [0.29, 0.717) is 12.5 Å². The van der Waals surface area contributed by atoms with Crippen molar-refractivity contribution in [3.63, 3.8) is 0 Å². The Kier molecular flexibility index (Phi) is 18.3. The number of aliphatic carboxylic acids is 1. The molecule has 0 radical (unpaired) electrons. The highest BCUT2D eigenvalue weighted by Crippen LogP contribution is 2.14. The third-order valence-electron chi connectivity index (χ3n) is 4.80. The van der Waals surface area contributed by atoms with Crippen molar-refractivity contribution < 1.29 is 9.90 Å². The third-order valence-corrected chi connectivity index (χ3v) is 4.80. The molecule has 0 heterocycles. The van der Waals surface area contributed by atoms with Crippen LogP contribution in [0.25, 0.3) is 0 Å². The van der Waals surface area contributed by atoms with E-state index in [-0.39, 0.29) is 0 Å². The molecule has 0 spiro atoms. The minimum atomic E-state index is -0.656. The maximum absolute atomic E-state index is 10.4. The van der Waals surface area contributed by atoms with Crippen LogP contribution in [-0.4, -0.2) is 17.1 Å². The van der Waals surface area contributed by atoms with Gasteiger partial charge in [-0.1, -0.05) is 96.3 Å². The third kappa shape index (κ3) is 21.4. The monoisotopic (exact) mass is 341 g/mol. The average Bonchev–Trinajstić information content (AvgIpc) is 2.53. The molecule has 0 aliphatic carbocycles. The molecule has 1 atom stereocenters. The van der Waals surface area contributed by atoms with Crippen molar-refractivity contribution in [2.75, 3.05) is 0 Å². The first-order chi connectivity index (χ1) is 11.6. The molecule has 0 aliphatic heterocycles. The van der Waals surface area contributed by atoms with E-state index in [0.717, 1.165) is 12.8 Å². The lowest BCUT2D eigenvalue weighted by molar-refractivity contribution is -0.137. The quantitative estimate of drug-likeness (QED) is 0.266. The van der Waals surface area contributed by atoms with E-state index in [1.807, 2.05) is 0 Å². The zero-order chi connectivity index (χ0) is 17.9. The summed E-state index contributed by atoms with van der Waals surface area (Å²) in [6, 6.07) is 0.377. The smallest absolute Gasteiger partial charge is 0.303 e. The zero-order valence-corrected chi connectivity index (χ0v) is 16.2. The summed E-state index contributed by atoms with van der Waals surface area (Å²) >= 11 is 0. The molecular formula is C21H43NO2. The molecule has 0 saturated carbocycles. The van der Waals surface area contributed by atoms with Crippen molar-refractivity contribution in [2.45, 2.75) is 129 Å². The molecule has 3 N–H and O–H groups in total. The maximum atomic E-state index is 10.4. The summed E-state index contributed by atoms with van der Waals surface area (Å²) < 4.78 is 0. The van der Waals surface area contributed by atoms with Gasteiger partial charge < -0.3 is 10.8 Å². The highest BCUT2D eigenvalue weighted by Gasteiger charge is 1.97. The van der Waals surface area contributed by atoms with Gasteiger partial charge in [-0.15, -0.1) is 0 Å². The van der Waals surface area contributed by atoms with E-state index in [9.17, 15) is 4.79 Å². The minimum absolute atomic E-state index is 0.340. The second-order valence-electron chi connectivity index (χ2n) is 7.57. The van der Waals surface area contributed by atoms with Crippen LogP contribution in [0.15, 0.2) is 0 Å². The number of hydrogen-bond acceptors (Lipinski definition) is 2. The number of nitrogens with two attached hydrogens (primary N) is 1. The van der Waals surface area contributed by atoms with E-state index in [1.54, 1.807) is 0 Å². The summed E-state index contributed by atoms with van der Waals surface area (Å²) in [5, 5.41) is 8.55. The first-order valence-corrected chi connectivity index (χ1v) is 10.6. The maximum Gasteiger partial charge on any atom is 0.303 e. The van der Waals surface area contributed by atoms with Gasteiger partial charge in [0.1, 0.15) is 0 Å². The fourth-order valence-electron chi connectivity index (χ4n) is 3.22. The molecule has 0 amide bonds. The second kappa shape index (κ2) is 18.8. The molecule has 144 valence electrons. The Morgan fingerprint density at radius 2 is 0.958 bits per heavy atom. The Bertz CT molecular complexity index is 267. The number of carbonyl (C=O) groups is 1.